The van der Waals surface area contributed by atoms with E-state index in [1.165, 1.54) is 5.56 Å². The number of guanidine groups is 1. The Morgan fingerprint density at radius 3 is 2.21 bits per heavy atom. The molecule has 1 aromatic carbocycles. The van der Waals surface area contributed by atoms with E-state index in [4.69, 9.17) is 4.74 Å². The highest BCUT2D eigenvalue weighted by Crippen LogP contribution is 2.05. The molecule has 1 aromatic rings. The Hall–Kier alpha value is -1.51. The first kappa shape index (κ1) is 22.5. The Bertz CT molecular complexity index is 501. The molecule has 0 aliphatic heterocycles. The maximum atomic E-state index is 11.5. The molecule has 136 valence electrons. The number of ether oxygens (including phenoxy) is 1. The molecule has 0 aliphatic carbocycles. The standard InChI is InChI=1S/C17H28N4O2.HI/c1-17(2,3)23-16(22)21-13-12-20-15(18-4)19-11-10-14-8-6-5-7-9-14;/h5-9H,10-13H2,1-4H3,(H,21,22)(H2,18,19,20);1H. The number of amides is 1. The second-order valence-electron chi connectivity index (χ2n) is 6.09. The van der Waals surface area contributed by atoms with Crippen molar-refractivity contribution in [1.29, 1.82) is 0 Å². The third-order valence-corrected chi connectivity index (χ3v) is 2.86. The van der Waals surface area contributed by atoms with Crippen LogP contribution in [-0.2, 0) is 11.2 Å². The van der Waals surface area contributed by atoms with Gasteiger partial charge in [-0.05, 0) is 32.8 Å². The predicted molar refractivity (Wildman–Crippen MR) is 109 cm³/mol. The molecule has 3 N–H and O–H groups in total. The lowest BCUT2D eigenvalue weighted by Crippen LogP contribution is -2.42. The SMILES string of the molecule is CN=C(NCCNC(=O)OC(C)(C)C)NCCc1ccccc1.I. The van der Waals surface area contributed by atoms with E-state index >= 15 is 0 Å². The molecule has 1 rings (SSSR count). The first-order valence-corrected chi connectivity index (χ1v) is 7.86. The summed E-state index contributed by atoms with van der Waals surface area (Å²) in [5.41, 5.74) is 0.800. The number of alkyl carbamates (subject to hydrolysis) is 1. The molecule has 0 spiro atoms. The van der Waals surface area contributed by atoms with Gasteiger partial charge in [0.1, 0.15) is 5.60 Å². The van der Waals surface area contributed by atoms with Crippen LogP contribution in [0.25, 0.3) is 0 Å². The second-order valence-corrected chi connectivity index (χ2v) is 6.09. The minimum absolute atomic E-state index is 0. The number of carbonyl (C=O) groups is 1. The van der Waals surface area contributed by atoms with Gasteiger partial charge in [0.15, 0.2) is 5.96 Å². The van der Waals surface area contributed by atoms with Gasteiger partial charge in [0.05, 0.1) is 0 Å². The summed E-state index contributed by atoms with van der Waals surface area (Å²) < 4.78 is 5.16. The van der Waals surface area contributed by atoms with Gasteiger partial charge in [0.2, 0.25) is 0 Å². The number of carbonyl (C=O) groups excluding carboxylic acids is 1. The van der Waals surface area contributed by atoms with Gasteiger partial charge >= 0.3 is 6.09 Å². The molecule has 0 saturated carbocycles. The van der Waals surface area contributed by atoms with E-state index in [2.05, 4.69) is 33.1 Å². The van der Waals surface area contributed by atoms with Gasteiger partial charge in [-0.25, -0.2) is 4.79 Å². The topological polar surface area (TPSA) is 74.8 Å². The summed E-state index contributed by atoms with van der Waals surface area (Å²) in [5, 5.41) is 9.08. The van der Waals surface area contributed by atoms with Crippen LogP contribution >= 0.6 is 24.0 Å². The van der Waals surface area contributed by atoms with Crippen LogP contribution in [0.3, 0.4) is 0 Å². The van der Waals surface area contributed by atoms with Crippen LogP contribution in [0, 0.1) is 0 Å². The lowest BCUT2D eigenvalue weighted by molar-refractivity contribution is 0.0529. The Balaban J connectivity index is 0.00000529. The summed E-state index contributed by atoms with van der Waals surface area (Å²) in [6, 6.07) is 10.3. The van der Waals surface area contributed by atoms with Crippen LogP contribution in [0.1, 0.15) is 26.3 Å². The van der Waals surface area contributed by atoms with Crippen LogP contribution in [0.15, 0.2) is 35.3 Å². The third-order valence-electron chi connectivity index (χ3n) is 2.86. The summed E-state index contributed by atoms with van der Waals surface area (Å²) in [4.78, 5) is 15.6. The average molecular weight is 448 g/mol. The van der Waals surface area contributed by atoms with E-state index in [0.717, 1.165) is 13.0 Å². The van der Waals surface area contributed by atoms with Crippen molar-refractivity contribution in [3.63, 3.8) is 0 Å². The molecular weight excluding hydrogens is 419 g/mol. The van der Waals surface area contributed by atoms with Crippen molar-refractivity contribution in [3.8, 4) is 0 Å². The van der Waals surface area contributed by atoms with Crippen LogP contribution < -0.4 is 16.0 Å². The monoisotopic (exact) mass is 448 g/mol. The lowest BCUT2D eigenvalue weighted by atomic mass is 10.1. The molecule has 6 nitrogen and oxygen atoms in total. The number of rotatable bonds is 6. The fourth-order valence-corrected chi connectivity index (χ4v) is 1.85. The van der Waals surface area contributed by atoms with E-state index < -0.39 is 11.7 Å². The highest BCUT2D eigenvalue weighted by atomic mass is 127. The predicted octanol–water partition coefficient (Wildman–Crippen LogP) is 2.54. The highest BCUT2D eigenvalue weighted by Gasteiger charge is 2.15. The third kappa shape index (κ3) is 11.1. The molecule has 0 atom stereocenters. The van der Waals surface area contributed by atoms with Crippen molar-refractivity contribution in [2.45, 2.75) is 32.8 Å². The largest absolute Gasteiger partial charge is 0.444 e. The minimum atomic E-state index is -0.480. The van der Waals surface area contributed by atoms with E-state index in [9.17, 15) is 4.79 Å². The van der Waals surface area contributed by atoms with Crippen molar-refractivity contribution >= 4 is 36.0 Å². The molecule has 0 heterocycles. The number of nitrogens with zero attached hydrogens (tertiary/aromatic N) is 1. The quantitative estimate of drug-likeness (QED) is 0.271. The van der Waals surface area contributed by atoms with Crippen molar-refractivity contribution in [3.05, 3.63) is 35.9 Å². The molecule has 24 heavy (non-hydrogen) atoms. The first-order valence-electron chi connectivity index (χ1n) is 7.86. The zero-order chi connectivity index (χ0) is 17.1. The molecule has 0 saturated heterocycles. The Morgan fingerprint density at radius 1 is 1.04 bits per heavy atom. The van der Waals surface area contributed by atoms with Gasteiger partial charge < -0.3 is 20.7 Å². The minimum Gasteiger partial charge on any atom is -0.444 e. The fraction of sp³-hybridized carbons (Fsp3) is 0.529. The van der Waals surface area contributed by atoms with Crippen LogP contribution in [0.2, 0.25) is 0 Å². The number of hydrogen-bond acceptors (Lipinski definition) is 3. The van der Waals surface area contributed by atoms with E-state index in [0.29, 0.717) is 19.0 Å². The summed E-state index contributed by atoms with van der Waals surface area (Å²) in [5.74, 6) is 0.715. The molecule has 7 heteroatoms. The highest BCUT2D eigenvalue weighted by molar-refractivity contribution is 14.0. The first-order chi connectivity index (χ1) is 10.9. The number of aliphatic imine (C=N–C) groups is 1. The molecule has 0 aliphatic rings. The molecule has 0 unspecified atom stereocenters. The Labute approximate surface area is 161 Å². The van der Waals surface area contributed by atoms with Crippen LogP contribution in [-0.4, -0.2) is 44.3 Å². The van der Waals surface area contributed by atoms with Gasteiger partial charge in [-0.2, -0.15) is 0 Å². The number of benzene rings is 1. The molecule has 1 amide bonds. The van der Waals surface area contributed by atoms with E-state index in [-0.39, 0.29) is 24.0 Å². The Morgan fingerprint density at radius 2 is 1.62 bits per heavy atom. The van der Waals surface area contributed by atoms with Crippen molar-refractivity contribution in [2.75, 3.05) is 26.7 Å². The van der Waals surface area contributed by atoms with E-state index in [1.807, 2.05) is 39.0 Å². The summed E-state index contributed by atoms with van der Waals surface area (Å²) in [7, 11) is 1.72. The fourth-order valence-electron chi connectivity index (χ4n) is 1.85. The zero-order valence-electron chi connectivity index (χ0n) is 14.9. The van der Waals surface area contributed by atoms with Crippen molar-refractivity contribution in [2.24, 2.45) is 4.99 Å². The van der Waals surface area contributed by atoms with Gasteiger partial charge in [-0.1, -0.05) is 30.3 Å². The smallest absolute Gasteiger partial charge is 0.407 e. The van der Waals surface area contributed by atoms with Crippen molar-refractivity contribution in [1.82, 2.24) is 16.0 Å². The maximum Gasteiger partial charge on any atom is 0.407 e. The summed E-state index contributed by atoms with van der Waals surface area (Å²) in [6.45, 7) is 7.34. The number of hydrogen-bond donors (Lipinski definition) is 3. The van der Waals surface area contributed by atoms with E-state index in [1.54, 1.807) is 7.05 Å². The van der Waals surface area contributed by atoms with Gasteiger partial charge in [-0.15, -0.1) is 24.0 Å². The van der Waals surface area contributed by atoms with Gasteiger partial charge in [-0.3, -0.25) is 4.99 Å². The normalized spacial score (nSPS) is 11.2. The van der Waals surface area contributed by atoms with Gasteiger partial charge in [0.25, 0.3) is 0 Å². The second kappa shape index (κ2) is 11.9. The number of nitrogens with one attached hydrogen (secondary N) is 3. The van der Waals surface area contributed by atoms with Crippen LogP contribution in [0.5, 0.6) is 0 Å². The molecular formula is C17H29IN4O2. The number of halogens is 1. The van der Waals surface area contributed by atoms with Crippen molar-refractivity contribution < 1.29 is 9.53 Å². The average Bonchev–Trinajstić information content (AvgIpc) is 2.49. The molecule has 0 radical (unpaired) electrons. The maximum absolute atomic E-state index is 11.5. The lowest BCUT2D eigenvalue weighted by Gasteiger charge is -2.19. The molecule has 0 aromatic heterocycles. The molecule has 0 fully saturated rings. The van der Waals surface area contributed by atoms with Crippen LogP contribution in [0.4, 0.5) is 4.79 Å². The summed E-state index contributed by atoms with van der Waals surface area (Å²) >= 11 is 0. The Kier molecular flexibility index (Phi) is 11.2. The molecule has 0 bridgehead atoms. The van der Waals surface area contributed by atoms with Gasteiger partial charge in [0, 0.05) is 26.7 Å². The summed E-state index contributed by atoms with van der Waals surface area (Å²) in [6.07, 6.45) is 0.517. The zero-order valence-corrected chi connectivity index (χ0v) is 17.2.